The molecular weight excluding hydrogens is 176 g/mol. The lowest BCUT2D eigenvalue weighted by Gasteiger charge is -1.79. The summed E-state index contributed by atoms with van der Waals surface area (Å²) in [6, 6.07) is 3.33. The van der Waals surface area contributed by atoms with Crippen LogP contribution >= 0.6 is 11.5 Å². The fourth-order valence-corrected chi connectivity index (χ4v) is 1.72. The number of hydrogen-bond donors (Lipinski definition) is 0. The Bertz CT molecular complexity index is 485. The van der Waals surface area contributed by atoms with Gasteiger partial charge < -0.3 is 0 Å². The highest BCUT2D eigenvalue weighted by atomic mass is 32.1. The van der Waals surface area contributed by atoms with Crippen molar-refractivity contribution in [3.63, 3.8) is 0 Å². The van der Waals surface area contributed by atoms with E-state index in [1.807, 2.05) is 0 Å². The average Bonchev–Trinajstić information content (AvgIpc) is 2.44. The smallest absolute Gasteiger partial charge is 0.277 e. The van der Waals surface area contributed by atoms with Crippen molar-refractivity contribution in [3.05, 3.63) is 28.7 Å². The van der Waals surface area contributed by atoms with Gasteiger partial charge in [-0.1, -0.05) is 0 Å². The topological polar surface area (TPSA) is 52.0 Å². The zero-order valence-corrected chi connectivity index (χ0v) is 6.75. The van der Waals surface area contributed by atoms with Gasteiger partial charge in [-0.15, -0.1) is 0 Å². The Morgan fingerprint density at radius 3 is 3.08 bits per heavy atom. The van der Waals surface area contributed by atoms with E-state index in [0.717, 1.165) is 15.5 Å². The van der Waals surface area contributed by atoms with Crippen molar-refractivity contribution in [2.24, 2.45) is 0 Å². The molecule has 0 aliphatic rings. The first-order valence-electron chi connectivity index (χ1n) is 3.25. The van der Waals surface area contributed by atoms with Crippen molar-refractivity contribution in [3.8, 4) is 0 Å². The molecule has 2 heterocycles. The number of hydrogen-bond acceptors (Lipinski definition) is 4. The SMILES string of the molecule is O=Cn1sc2ncccc2c1=O. The van der Waals surface area contributed by atoms with Crippen LogP contribution in [0.25, 0.3) is 10.2 Å². The Balaban J connectivity index is 2.97. The Morgan fingerprint density at radius 1 is 1.58 bits per heavy atom. The molecule has 0 unspecified atom stereocenters. The van der Waals surface area contributed by atoms with Crippen LogP contribution in [0.1, 0.15) is 0 Å². The summed E-state index contributed by atoms with van der Waals surface area (Å²) in [7, 11) is 0. The van der Waals surface area contributed by atoms with E-state index in [0.29, 0.717) is 16.6 Å². The molecule has 60 valence electrons. The third-order valence-electron chi connectivity index (χ3n) is 1.48. The van der Waals surface area contributed by atoms with Crippen molar-refractivity contribution >= 4 is 28.2 Å². The fraction of sp³-hybridized carbons (Fsp3) is 0. The summed E-state index contributed by atoms with van der Waals surface area (Å²) in [6.07, 6.45) is 2.09. The average molecular weight is 180 g/mol. The standard InChI is InChI=1S/C7H4N2O2S/c10-4-9-7(11)5-2-1-3-8-6(5)12-9/h1-4H. The predicted octanol–water partition coefficient (Wildman–Crippen LogP) is 0.496. The lowest BCUT2D eigenvalue weighted by Crippen LogP contribution is -2.11. The molecule has 2 rings (SSSR count). The van der Waals surface area contributed by atoms with Gasteiger partial charge in [0.2, 0.25) is 6.41 Å². The van der Waals surface area contributed by atoms with Gasteiger partial charge in [0.05, 0.1) is 5.39 Å². The van der Waals surface area contributed by atoms with E-state index in [1.165, 1.54) is 0 Å². The van der Waals surface area contributed by atoms with E-state index in [2.05, 4.69) is 4.98 Å². The molecule has 4 nitrogen and oxygen atoms in total. The highest BCUT2D eigenvalue weighted by molar-refractivity contribution is 7.14. The lowest BCUT2D eigenvalue weighted by molar-refractivity contribution is 0.550. The molecule has 12 heavy (non-hydrogen) atoms. The predicted molar refractivity (Wildman–Crippen MR) is 46.0 cm³/mol. The highest BCUT2D eigenvalue weighted by Gasteiger charge is 2.05. The van der Waals surface area contributed by atoms with Crippen LogP contribution in [0.2, 0.25) is 0 Å². The Morgan fingerprint density at radius 2 is 2.42 bits per heavy atom. The number of carbonyl (C=O) groups is 1. The molecule has 0 aromatic carbocycles. The van der Waals surface area contributed by atoms with Crippen molar-refractivity contribution in [1.29, 1.82) is 0 Å². The van der Waals surface area contributed by atoms with Gasteiger partial charge in [0.1, 0.15) is 4.83 Å². The number of rotatable bonds is 1. The van der Waals surface area contributed by atoms with Gasteiger partial charge in [-0.05, 0) is 23.7 Å². The Labute approximate surface area is 71.2 Å². The van der Waals surface area contributed by atoms with E-state index < -0.39 is 0 Å². The van der Waals surface area contributed by atoms with Gasteiger partial charge >= 0.3 is 0 Å². The molecule has 0 atom stereocenters. The second kappa shape index (κ2) is 2.53. The zero-order chi connectivity index (χ0) is 8.55. The lowest BCUT2D eigenvalue weighted by atomic mass is 10.4. The van der Waals surface area contributed by atoms with Crippen molar-refractivity contribution in [2.75, 3.05) is 0 Å². The Hall–Kier alpha value is -1.49. The van der Waals surface area contributed by atoms with Gasteiger partial charge in [-0.25, -0.2) is 4.98 Å². The summed E-state index contributed by atoms with van der Waals surface area (Å²) in [5.41, 5.74) is -0.293. The minimum Gasteiger partial charge on any atom is -0.277 e. The molecule has 0 saturated heterocycles. The van der Waals surface area contributed by atoms with Crippen LogP contribution in [0.15, 0.2) is 23.1 Å². The van der Waals surface area contributed by atoms with Crippen LogP contribution in [0.5, 0.6) is 0 Å². The first-order valence-corrected chi connectivity index (χ1v) is 4.02. The summed E-state index contributed by atoms with van der Waals surface area (Å²) in [6.45, 7) is 0. The van der Waals surface area contributed by atoms with Crippen LogP contribution in [0.3, 0.4) is 0 Å². The van der Waals surface area contributed by atoms with Crippen LogP contribution < -0.4 is 5.56 Å². The maximum absolute atomic E-state index is 11.3. The zero-order valence-electron chi connectivity index (χ0n) is 5.93. The van der Waals surface area contributed by atoms with E-state index >= 15 is 0 Å². The molecule has 5 heteroatoms. The maximum atomic E-state index is 11.3. The van der Waals surface area contributed by atoms with Gasteiger partial charge in [0.15, 0.2) is 0 Å². The molecule has 0 fully saturated rings. The molecule has 0 amide bonds. The van der Waals surface area contributed by atoms with Gasteiger partial charge in [0, 0.05) is 6.20 Å². The van der Waals surface area contributed by atoms with Crippen LogP contribution in [0.4, 0.5) is 0 Å². The maximum Gasteiger partial charge on any atom is 0.277 e. The first kappa shape index (κ1) is 7.17. The minimum atomic E-state index is -0.293. The van der Waals surface area contributed by atoms with Crippen molar-refractivity contribution in [2.45, 2.75) is 0 Å². The van der Waals surface area contributed by atoms with Gasteiger partial charge in [-0.3, -0.25) is 9.59 Å². The summed E-state index contributed by atoms with van der Waals surface area (Å²) >= 11 is 1.05. The summed E-state index contributed by atoms with van der Waals surface area (Å²) in [4.78, 5) is 26.1. The first-order chi connectivity index (χ1) is 5.83. The largest absolute Gasteiger partial charge is 0.277 e. The normalized spacial score (nSPS) is 10.3. The van der Waals surface area contributed by atoms with E-state index in [4.69, 9.17) is 0 Å². The number of pyridine rings is 1. The highest BCUT2D eigenvalue weighted by Crippen LogP contribution is 2.10. The summed E-state index contributed by atoms with van der Waals surface area (Å²) < 4.78 is 1.03. The third-order valence-corrected chi connectivity index (χ3v) is 2.43. The molecule has 0 bridgehead atoms. The number of aromatic nitrogens is 2. The van der Waals surface area contributed by atoms with Gasteiger partial charge in [-0.2, -0.15) is 3.96 Å². The van der Waals surface area contributed by atoms with Crippen molar-refractivity contribution in [1.82, 2.24) is 8.94 Å². The molecule has 0 aliphatic carbocycles. The van der Waals surface area contributed by atoms with Crippen LogP contribution in [-0.4, -0.2) is 15.4 Å². The number of carbonyl (C=O) groups excluding carboxylic acids is 1. The fourth-order valence-electron chi connectivity index (χ4n) is 0.949. The molecule has 0 saturated carbocycles. The number of nitrogens with zero attached hydrogens (tertiary/aromatic N) is 2. The van der Waals surface area contributed by atoms with Gasteiger partial charge in [0.25, 0.3) is 5.56 Å². The minimum absolute atomic E-state index is 0.293. The quantitative estimate of drug-likeness (QED) is 0.600. The second-order valence-electron chi connectivity index (χ2n) is 2.18. The van der Waals surface area contributed by atoms with Crippen LogP contribution in [-0.2, 0) is 4.79 Å². The second-order valence-corrected chi connectivity index (χ2v) is 3.15. The monoisotopic (exact) mass is 180 g/mol. The van der Waals surface area contributed by atoms with Crippen molar-refractivity contribution < 1.29 is 4.79 Å². The van der Waals surface area contributed by atoms with E-state index in [9.17, 15) is 9.59 Å². The van der Waals surface area contributed by atoms with Crippen LogP contribution in [0, 0.1) is 0 Å². The molecular formula is C7H4N2O2S. The molecule has 2 aromatic rings. The third kappa shape index (κ3) is 0.868. The molecule has 0 aliphatic heterocycles. The molecule has 0 N–H and O–H groups in total. The number of fused-ring (bicyclic) bond motifs is 1. The van der Waals surface area contributed by atoms with E-state index in [1.54, 1.807) is 18.3 Å². The molecule has 0 spiro atoms. The summed E-state index contributed by atoms with van der Waals surface area (Å²) in [5, 5.41) is 0.495. The molecule has 2 aromatic heterocycles. The summed E-state index contributed by atoms with van der Waals surface area (Å²) in [5.74, 6) is 0. The Kier molecular flexibility index (Phi) is 1.51. The molecule has 0 radical (unpaired) electrons. The van der Waals surface area contributed by atoms with E-state index in [-0.39, 0.29) is 5.56 Å².